The lowest BCUT2D eigenvalue weighted by Gasteiger charge is -2.11. The third kappa shape index (κ3) is 3.23. The van der Waals surface area contributed by atoms with E-state index in [9.17, 15) is 9.59 Å². The van der Waals surface area contributed by atoms with Crippen LogP contribution in [-0.2, 0) is 11.3 Å². The minimum absolute atomic E-state index is 0.0834. The van der Waals surface area contributed by atoms with Gasteiger partial charge in [-0.2, -0.15) is 0 Å². The molecule has 6 heteroatoms. The van der Waals surface area contributed by atoms with E-state index in [4.69, 9.17) is 0 Å². The average molecular weight is 341 g/mol. The molecule has 3 aromatic rings. The van der Waals surface area contributed by atoms with Crippen LogP contribution in [0.2, 0.25) is 0 Å². The number of rotatable bonds is 4. The fourth-order valence-corrected chi connectivity index (χ4v) is 3.48. The Morgan fingerprint density at radius 2 is 2.00 bits per heavy atom. The number of hydrogen-bond acceptors (Lipinski definition) is 4. The van der Waals surface area contributed by atoms with E-state index in [2.05, 4.69) is 10.3 Å². The lowest BCUT2D eigenvalue weighted by atomic mass is 10.1. The van der Waals surface area contributed by atoms with Gasteiger partial charge < -0.3 is 9.88 Å². The van der Waals surface area contributed by atoms with E-state index in [1.807, 2.05) is 45.0 Å². The van der Waals surface area contributed by atoms with Crippen molar-refractivity contribution in [2.75, 3.05) is 5.32 Å². The lowest BCUT2D eigenvalue weighted by molar-refractivity contribution is -0.116. The third-order valence-corrected chi connectivity index (χ3v) is 5.05. The van der Waals surface area contributed by atoms with E-state index in [1.54, 1.807) is 10.6 Å². The van der Waals surface area contributed by atoms with Crippen LogP contribution >= 0.6 is 11.3 Å². The molecule has 24 heavy (non-hydrogen) atoms. The first-order valence-corrected chi connectivity index (χ1v) is 8.60. The largest absolute Gasteiger partial charge is 0.308 e. The molecule has 0 saturated carbocycles. The summed E-state index contributed by atoms with van der Waals surface area (Å²) in [6, 6.07) is 9.37. The number of amides is 1. The minimum Gasteiger partial charge on any atom is -0.308 e. The lowest BCUT2D eigenvalue weighted by Crippen LogP contribution is -2.23. The molecule has 0 atom stereocenters. The monoisotopic (exact) mass is 341 g/mol. The van der Waals surface area contributed by atoms with Gasteiger partial charge in [0.25, 0.3) is 5.56 Å². The number of thiazole rings is 1. The van der Waals surface area contributed by atoms with Crippen molar-refractivity contribution in [1.29, 1.82) is 0 Å². The van der Waals surface area contributed by atoms with Gasteiger partial charge in [0, 0.05) is 29.3 Å². The molecule has 0 radical (unpaired) electrons. The molecule has 0 unspecified atom stereocenters. The molecule has 0 bridgehead atoms. The molecule has 1 amide bonds. The number of aromatic nitrogens is 2. The predicted molar refractivity (Wildman–Crippen MR) is 97.8 cm³/mol. The Hall–Kier alpha value is -2.47. The Morgan fingerprint density at radius 1 is 1.25 bits per heavy atom. The molecule has 0 aliphatic carbocycles. The fraction of sp³-hybridized carbons (Fsp3) is 0.278. The first-order valence-electron chi connectivity index (χ1n) is 7.79. The molecule has 1 aromatic carbocycles. The highest BCUT2D eigenvalue weighted by Crippen LogP contribution is 2.21. The van der Waals surface area contributed by atoms with Gasteiger partial charge in [-0.15, -0.1) is 11.3 Å². The van der Waals surface area contributed by atoms with Gasteiger partial charge in [-0.05, 0) is 32.4 Å². The van der Waals surface area contributed by atoms with Gasteiger partial charge in [-0.3, -0.25) is 9.59 Å². The van der Waals surface area contributed by atoms with Gasteiger partial charge in [-0.25, -0.2) is 4.98 Å². The van der Waals surface area contributed by atoms with Gasteiger partial charge in [0.2, 0.25) is 5.91 Å². The van der Waals surface area contributed by atoms with Crippen molar-refractivity contribution in [2.24, 2.45) is 0 Å². The van der Waals surface area contributed by atoms with E-state index < -0.39 is 0 Å². The molecule has 0 aliphatic rings. The summed E-state index contributed by atoms with van der Waals surface area (Å²) in [5.74, 6) is -0.139. The molecule has 0 saturated heterocycles. The zero-order valence-electron chi connectivity index (χ0n) is 13.9. The van der Waals surface area contributed by atoms with Crippen LogP contribution < -0.4 is 10.9 Å². The van der Waals surface area contributed by atoms with E-state index in [-0.39, 0.29) is 17.9 Å². The highest BCUT2D eigenvalue weighted by molar-refractivity contribution is 7.15. The molecule has 5 nitrogen and oxygen atoms in total. The average Bonchev–Trinajstić information content (AvgIpc) is 2.85. The summed E-state index contributed by atoms with van der Waals surface area (Å²) in [5.41, 5.74) is 2.65. The summed E-state index contributed by atoms with van der Waals surface area (Å²) < 4.78 is 1.65. The predicted octanol–water partition coefficient (Wildman–Crippen LogP) is 3.41. The quantitative estimate of drug-likeness (QED) is 0.791. The highest BCUT2D eigenvalue weighted by Gasteiger charge is 2.10. The molecule has 1 N–H and O–H groups in total. The van der Waals surface area contributed by atoms with Crippen LogP contribution in [0.3, 0.4) is 0 Å². The number of nitrogens with zero attached hydrogens (tertiary/aromatic N) is 2. The Kier molecular flexibility index (Phi) is 4.49. The van der Waals surface area contributed by atoms with Gasteiger partial charge >= 0.3 is 0 Å². The van der Waals surface area contributed by atoms with E-state index in [0.717, 1.165) is 27.0 Å². The van der Waals surface area contributed by atoms with Gasteiger partial charge in [0.1, 0.15) is 0 Å². The van der Waals surface area contributed by atoms with Crippen molar-refractivity contribution >= 4 is 33.3 Å². The number of benzene rings is 1. The number of aryl methyl sites for hydroxylation is 4. The number of anilines is 1. The molecular weight excluding hydrogens is 322 g/mol. The maximum atomic E-state index is 12.3. The van der Waals surface area contributed by atoms with Crippen molar-refractivity contribution in [3.8, 4) is 0 Å². The molecular formula is C18H19N3O2S. The van der Waals surface area contributed by atoms with Gasteiger partial charge in [0.15, 0.2) is 5.13 Å². The summed E-state index contributed by atoms with van der Waals surface area (Å²) >= 11 is 1.46. The van der Waals surface area contributed by atoms with E-state index in [0.29, 0.717) is 11.7 Å². The van der Waals surface area contributed by atoms with Gasteiger partial charge in [-0.1, -0.05) is 18.2 Å². The Morgan fingerprint density at radius 3 is 2.71 bits per heavy atom. The second-order valence-corrected chi connectivity index (χ2v) is 7.00. The summed E-state index contributed by atoms with van der Waals surface area (Å²) in [7, 11) is 0. The zero-order valence-corrected chi connectivity index (χ0v) is 14.7. The molecule has 0 fully saturated rings. The number of pyridine rings is 1. The van der Waals surface area contributed by atoms with E-state index in [1.165, 1.54) is 11.3 Å². The van der Waals surface area contributed by atoms with Crippen LogP contribution in [0.1, 0.15) is 22.6 Å². The topological polar surface area (TPSA) is 64.0 Å². The van der Waals surface area contributed by atoms with Crippen molar-refractivity contribution in [2.45, 2.75) is 33.7 Å². The van der Waals surface area contributed by atoms with Crippen molar-refractivity contribution in [3.63, 3.8) is 0 Å². The maximum absolute atomic E-state index is 12.3. The summed E-state index contributed by atoms with van der Waals surface area (Å²) in [4.78, 5) is 29.8. The zero-order chi connectivity index (χ0) is 17.3. The van der Waals surface area contributed by atoms with Crippen LogP contribution in [-0.4, -0.2) is 15.5 Å². The molecule has 0 aliphatic heterocycles. The van der Waals surface area contributed by atoms with Crippen molar-refractivity contribution in [3.05, 3.63) is 56.8 Å². The van der Waals surface area contributed by atoms with Gasteiger partial charge in [0.05, 0.1) is 11.2 Å². The number of carbonyl (C=O) groups is 1. The molecule has 2 aromatic heterocycles. The molecule has 0 spiro atoms. The van der Waals surface area contributed by atoms with Crippen LogP contribution in [0, 0.1) is 20.8 Å². The number of fused-ring (bicyclic) bond motifs is 1. The SMILES string of the molecule is Cc1nc(NC(=O)CCn2c(=O)cc(C)c3ccccc32)sc1C. The third-order valence-electron chi connectivity index (χ3n) is 4.06. The number of nitrogens with one attached hydrogen (secondary N) is 1. The second kappa shape index (κ2) is 6.57. The first kappa shape index (κ1) is 16.4. The van der Waals surface area contributed by atoms with Crippen LogP contribution in [0.25, 0.3) is 10.9 Å². The number of carbonyl (C=O) groups excluding carboxylic acids is 1. The van der Waals surface area contributed by atoms with E-state index >= 15 is 0 Å². The maximum Gasteiger partial charge on any atom is 0.251 e. The Labute approximate surface area is 144 Å². The van der Waals surface area contributed by atoms with Crippen LogP contribution in [0.15, 0.2) is 35.1 Å². The van der Waals surface area contributed by atoms with Crippen LogP contribution in [0.4, 0.5) is 5.13 Å². The number of para-hydroxylation sites is 1. The highest BCUT2D eigenvalue weighted by atomic mass is 32.1. The fourth-order valence-electron chi connectivity index (χ4n) is 2.65. The smallest absolute Gasteiger partial charge is 0.251 e. The summed E-state index contributed by atoms with van der Waals surface area (Å²) in [5, 5.41) is 4.44. The second-order valence-electron chi connectivity index (χ2n) is 5.79. The molecule has 3 rings (SSSR count). The van der Waals surface area contributed by atoms with Crippen molar-refractivity contribution < 1.29 is 4.79 Å². The van der Waals surface area contributed by atoms with Crippen LogP contribution in [0.5, 0.6) is 0 Å². The normalized spacial score (nSPS) is 11.0. The molecule has 124 valence electrons. The summed E-state index contributed by atoms with van der Waals surface area (Å²) in [6.45, 7) is 6.16. The first-order chi connectivity index (χ1) is 11.5. The minimum atomic E-state index is -0.139. The standard InChI is InChI=1S/C18H19N3O2S/c1-11-10-17(23)21(15-7-5-4-6-14(11)15)9-8-16(22)20-18-19-12(2)13(3)24-18/h4-7,10H,8-9H2,1-3H3,(H,19,20,22). The Bertz CT molecular complexity index is 953. The molecule has 2 heterocycles. The summed E-state index contributed by atoms with van der Waals surface area (Å²) in [6.07, 6.45) is 0.227. The van der Waals surface area contributed by atoms with Crippen molar-refractivity contribution in [1.82, 2.24) is 9.55 Å². The Balaban J connectivity index is 1.78. The number of hydrogen-bond donors (Lipinski definition) is 1.